The average molecular weight is 579 g/mol. The van der Waals surface area contributed by atoms with Gasteiger partial charge in [0.1, 0.15) is 0 Å². The van der Waals surface area contributed by atoms with Crippen LogP contribution >= 0.6 is 0 Å². The van der Waals surface area contributed by atoms with Crippen LogP contribution in [0.3, 0.4) is 0 Å². The van der Waals surface area contributed by atoms with Gasteiger partial charge in [-0.05, 0) is 49.5 Å². The summed E-state index contributed by atoms with van der Waals surface area (Å²) in [5.74, 6) is 0. The Hall–Kier alpha value is -2.32. The standard InChI is InChI=1S/2C15H14N.2ClH.Zr/c2*1-11-5-6-12(2)15-10-13(9-14(11)15)16-7-3-4-8-16;;;/h2*3-10H,1-2H3;2*1H;/q2*-1;;;+4/p-2. The fourth-order valence-corrected chi connectivity index (χ4v) is 4.46. The molecular weight excluding hydrogens is 550 g/mol. The number of hydrogen-bond acceptors (Lipinski definition) is 0. The minimum absolute atomic E-state index is 0. The quantitative estimate of drug-likeness (QED) is 0.278. The van der Waals surface area contributed by atoms with Gasteiger partial charge in [0.25, 0.3) is 0 Å². The summed E-state index contributed by atoms with van der Waals surface area (Å²) in [5, 5.41) is 5.46. The van der Waals surface area contributed by atoms with E-state index in [-0.39, 0.29) is 51.0 Å². The van der Waals surface area contributed by atoms with E-state index in [9.17, 15) is 0 Å². The van der Waals surface area contributed by atoms with Crippen LogP contribution < -0.4 is 24.8 Å². The molecule has 0 aliphatic heterocycles. The maximum absolute atomic E-state index is 2.26. The van der Waals surface area contributed by atoms with Gasteiger partial charge in [-0.3, -0.25) is 0 Å². The van der Waals surface area contributed by atoms with Gasteiger partial charge in [0.2, 0.25) is 0 Å². The predicted octanol–water partition coefficient (Wildman–Crippen LogP) is 1.94. The van der Waals surface area contributed by atoms with E-state index < -0.39 is 0 Å². The summed E-state index contributed by atoms with van der Waals surface area (Å²) < 4.78 is 4.30. The first kappa shape index (κ1) is 28.9. The monoisotopic (exact) mass is 576 g/mol. The zero-order chi connectivity index (χ0) is 22.2. The van der Waals surface area contributed by atoms with Gasteiger partial charge in [0, 0.05) is 24.8 Å². The van der Waals surface area contributed by atoms with E-state index in [1.165, 1.54) is 55.2 Å². The van der Waals surface area contributed by atoms with Crippen molar-refractivity contribution in [2.24, 2.45) is 0 Å². The Morgan fingerprint density at radius 3 is 1.14 bits per heavy atom. The van der Waals surface area contributed by atoms with Gasteiger partial charge >= 0.3 is 26.2 Å². The third-order valence-corrected chi connectivity index (χ3v) is 6.42. The Kier molecular flexibility index (Phi) is 9.98. The van der Waals surface area contributed by atoms with E-state index in [0.29, 0.717) is 0 Å². The second kappa shape index (κ2) is 12.1. The predicted molar refractivity (Wildman–Crippen MR) is 137 cm³/mol. The third kappa shape index (κ3) is 5.75. The van der Waals surface area contributed by atoms with Crippen LogP contribution in [0, 0.1) is 27.7 Å². The van der Waals surface area contributed by atoms with Crippen LogP contribution in [0.1, 0.15) is 22.3 Å². The Morgan fingerprint density at radius 1 is 0.514 bits per heavy atom. The van der Waals surface area contributed by atoms with E-state index in [1.54, 1.807) is 0 Å². The summed E-state index contributed by atoms with van der Waals surface area (Å²) in [6.07, 6.45) is 8.33. The molecule has 0 spiro atoms. The molecule has 0 fully saturated rings. The smallest absolute Gasteiger partial charge is 1.00 e. The number of halogens is 2. The SMILES string of the molecule is Cc1ccc(C)c2[cH-]c(-n3cccc3)cc12.Cc1ccc(C)c2[cH-]c(-n3cccc3)cc12.[Cl-].[Cl-].[Zr+4]. The molecule has 0 unspecified atom stereocenters. The molecule has 0 aliphatic carbocycles. The van der Waals surface area contributed by atoms with Crippen molar-refractivity contribution in [1.82, 2.24) is 9.13 Å². The molecule has 35 heavy (non-hydrogen) atoms. The Labute approximate surface area is 239 Å². The normalized spacial score (nSPS) is 10.2. The molecule has 2 heterocycles. The maximum Gasteiger partial charge on any atom is 4.00 e. The van der Waals surface area contributed by atoms with Crippen LogP contribution in [0.25, 0.3) is 32.9 Å². The van der Waals surface area contributed by atoms with Gasteiger partial charge in [-0.25, -0.2) is 0 Å². The number of aromatic nitrogens is 2. The fraction of sp³-hybridized carbons (Fsp3) is 0.133. The van der Waals surface area contributed by atoms with Crippen molar-refractivity contribution in [1.29, 1.82) is 0 Å². The third-order valence-electron chi connectivity index (χ3n) is 6.42. The van der Waals surface area contributed by atoms with E-state index in [1.807, 2.05) is 0 Å². The zero-order valence-corrected chi connectivity index (χ0v) is 24.4. The molecule has 5 heteroatoms. The molecule has 0 saturated carbocycles. The largest absolute Gasteiger partial charge is 4.00 e. The van der Waals surface area contributed by atoms with Crippen molar-refractivity contribution in [2.75, 3.05) is 0 Å². The van der Waals surface area contributed by atoms with Crippen LogP contribution in [0.2, 0.25) is 0 Å². The number of hydrogen-bond donors (Lipinski definition) is 0. The van der Waals surface area contributed by atoms with Crippen molar-refractivity contribution in [2.45, 2.75) is 27.7 Å². The van der Waals surface area contributed by atoms with Crippen molar-refractivity contribution >= 4 is 21.5 Å². The van der Waals surface area contributed by atoms with Crippen molar-refractivity contribution in [3.05, 3.63) is 120 Å². The number of benzene rings is 2. The summed E-state index contributed by atoms with van der Waals surface area (Å²) in [5.41, 5.74) is 7.88. The average Bonchev–Trinajstić information content (AvgIpc) is 3.58. The van der Waals surface area contributed by atoms with Gasteiger partial charge in [0.05, 0.1) is 0 Å². The Bertz CT molecular complexity index is 1310. The molecule has 0 radical (unpaired) electrons. The Morgan fingerprint density at radius 2 is 0.829 bits per heavy atom. The molecule has 2 aromatic heterocycles. The molecular formula is C30H28Cl2N2Zr. The minimum atomic E-state index is 0. The van der Waals surface area contributed by atoms with Crippen LogP contribution in [-0.2, 0) is 26.2 Å². The zero-order valence-electron chi connectivity index (χ0n) is 20.4. The molecule has 6 rings (SSSR count). The van der Waals surface area contributed by atoms with Gasteiger partial charge in [-0.15, -0.1) is 69.1 Å². The molecule has 6 aromatic rings. The van der Waals surface area contributed by atoms with Crippen LogP contribution in [0.4, 0.5) is 0 Å². The van der Waals surface area contributed by atoms with E-state index in [4.69, 9.17) is 0 Å². The van der Waals surface area contributed by atoms with Gasteiger partial charge < -0.3 is 33.9 Å². The number of rotatable bonds is 2. The molecule has 0 atom stereocenters. The van der Waals surface area contributed by atoms with Crippen molar-refractivity contribution in [3.63, 3.8) is 0 Å². The second-order valence-corrected chi connectivity index (χ2v) is 8.66. The van der Waals surface area contributed by atoms with Crippen molar-refractivity contribution < 1.29 is 51.0 Å². The number of fused-ring (bicyclic) bond motifs is 2. The maximum atomic E-state index is 2.26. The van der Waals surface area contributed by atoms with E-state index in [0.717, 1.165) is 0 Å². The molecule has 0 aliphatic rings. The summed E-state index contributed by atoms with van der Waals surface area (Å²) in [6.45, 7) is 8.67. The van der Waals surface area contributed by atoms with Gasteiger partial charge in [-0.1, -0.05) is 37.1 Å². The van der Waals surface area contributed by atoms with E-state index >= 15 is 0 Å². The minimum Gasteiger partial charge on any atom is -1.00 e. The summed E-state index contributed by atoms with van der Waals surface area (Å²) in [6, 6.07) is 26.0. The number of nitrogens with zero attached hydrogens (tertiary/aromatic N) is 2. The first-order valence-electron chi connectivity index (χ1n) is 11.1. The first-order valence-corrected chi connectivity index (χ1v) is 11.1. The molecule has 2 nitrogen and oxygen atoms in total. The first-order chi connectivity index (χ1) is 15.5. The molecule has 0 amide bonds. The molecule has 176 valence electrons. The van der Waals surface area contributed by atoms with Gasteiger partial charge in [0.15, 0.2) is 0 Å². The topological polar surface area (TPSA) is 9.86 Å². The molecule has 0 bridgehead atoms. The van der Waals surface area contributed by atoms with Crippen LogP contribution in [0.15, 0.2) is 97.6 Å². The second-order valence-electron chi connectivity index (χ2n) is 8.66. The summed E-state index contributed by atoms with van der Waals surface area (Å²) >= 11 is 0. The fourth-order valence-electron chi connectivity index (χ4n) is 4.46. The molecule has 4 aromatic carbocycles. The molecule has 0 saturated heterocycles. The van der Waals surface area contributed by atoms with Gasteiger partial charge in [-0.2, -0.15) is 0 Å². The Balaban J connectivity index is 0.000000227. The number of aryl methyl sites for hydroxylation is 4. The van der Waals surface area contributed by atoms with Crippen LogP contribution in [-0.4, -0.2) is 9.13 Å². The van der Waals surface area contributed by atoms with Crippen LogP contribution in [0.5, 0.6) is 0 Å². The summed E-state index contributed by atoms with van der Waals surface area (Å²) in [7, 11) is 0. The van der Waals surface area contributed by atoms with E-state index in [2.05, 4.69) is 134 Å². The van der Waals surface area contributed by atoms with Crippen molar-refractivity contribution in [3.8, 4) is 11.4 Å². The summed E-state index contributed by atoms with van der Waals surface area (Å²) in [4.78, 5) is 0. The molecule has 0 N–H and O–H groups in total.